The van der Waals surface area contributed by atoms with Crippen LogP contribution in [-0.2, 0) is 11.2 Å². The lowest BCUT2D eigenvalue weighted by molar-refractivity contribution is -0.144. The lowest BCUT2D eigenvalue weighted by Gasteiger charge is -2.37. The molecule has 1 aliphatic rings. The number of rotatable bonds is 11. The van der Waals surface area contributed by atoms with Crippen LogP contribution in [0.3, 0.4) is 0 Å². The van der Waals surface area contributed by atoms with Crippen molar-refractivity contribution in [1.29, 1.82) is 0 Å². The van der Waals surface area contributed by atoms with E-state index in [1.807, 2.05) is 67.6 Å². The molecular formula is C33H33NO3S2. The minimum absolute atomic E-state index is 0.124. The Morgan fingerprint density at radius 1 is 0.872 bits per heavy atom. The van der Waals surface area contributed by atoms with Gasteiger partial charge in [0.25, 0.3) is 0 Å². The number of carbonyl (C=O) groups is 1. The Bertz CT molecular complexity index is 1350. The van der Waals surface area contributed by atoms with E-state index in [1.165, 1.54) is 27.1 Å². The fourth-order valence-corrected chi connectivity index (χ4v) is 7.54. The number of likely N-dealkylation sites (N-methyl/N-ethyl adjacent to an activating group) is 1. The SMILES string of the molecule is CCN1CCC(c2ccc(OCCc3ccc(Sc4ccccc4)cc3)cc2)[C@@]1(Sc1ccccc1)C(=O)O. The van der Waals surface area contributed by atoms with E-state index in [2.05, 4.69) is 53.4 Å². The fourth-order valence-electron chi connectivity index (χ4n) is 5.22. The number of aliphatic carboxylic acids is 1. The van der Waals surface area contributed by atoms with E-state index in [9.17, 15) is 9.90 Å². The Morgan fingerprint density at radius 2 is 1.49 bits per heavy atom. The molecule has 6 heteroatoms. The van der Waals surface area contributed by atoms with Crippen LogP contribution in [0.15, 0.2) is 124 Å². The van der Waals surface area contributed by atoms with Gasteiger partial charge < -0.3 is 9.84 Å². The second-order valence-corrected chi connectivity index (χ2v) is 12.0. The molecule has 4 nitrogen and oxygen atoms in total. The monoisotopic (exact) mass is 555 g/mol. The molecule has 2 atom stereocenters. The summed E-state index contributed by atoms with van der Waals surface area (Å²) in [6.45, 7) is 4.07. The van der Waals surface area contributed by atoms with Gasteiger partial charge in [0.15, 0.2) is 4.87 Å². The maximum Gasteiger partial charge on any atom is 0.335 e. The number of benzene rings is 4. The summed E-state index contributed by atoms with van der Waals surface area (Å²) in [4.78, 5) is 17.3. The van der Waals surface area contributed by atoms with Crippen LogP contribution in [0.1, 0.15) is 30.4 Å². The minimum Gasteiger partial charge on any atom is -0.493 e. The lowest BCUT2D eigenvalue weighted by Crippen LogP contribution is -2.50. The molecule has 1 aliphatic heterocycles. The summed E-state index contributed by atoms with van der Waals surface area (Å²) in [6, 6.07) is 36.9. The molecule has 5 rings (SSSR count). The maximum absolute atomic E-state index is 12.8. The van der Waals surface area contributed by atoms with Crippen LogP contribution in [0.25, 0.3) is 0 Å². The molecule has 1 unspecified atom stereocenters. The van der Waals surface area contributed by atoms with Crippen molar-refractivity contribution in [2.24, 2.45) is 0 Å². The average molecular weight is 556 g/mol. The quantitative estimate of drug-likeness (QED) is 0.203. The summed E-state index contributed by atoms with van der Waals surface area (Å²) < 4.78 is 6.05. The summed E-state index contributed by atoms with van der Waals surface area (Å²) in [5.41, 5.74) is 2.27. The summed E-state index contributed by atoms with van der Waals surface area (Å²) in [7, 11) is 0. The van der Waals surface area contributed by atoms with E-state index >= 15 is 0 Å². The third-order valence-corrected chi connectivity index (χ3v) is 9.73. The molecule has 0 amide bonds. The predicted octanol–water partition coefficient (Wildman–Crippen LogP) is 7.84. The van der Waals surface area contributed by atoms with Crippen LogP contribution >= 0.6 is 23.5 Å². The van der Waals surface area contributed by atoms with Crippen molar-refractivity contribution in [3.63, 3.8) is 0 Å². The summed E-state index contributed by atoms with van der Waals surface area (Å²) in [6.07, 6.45) is 1.63. The molecule has 0 bridgehead atoms. The van der Waals surface area contributed by atoms with Crippen LogP contribution in [0.4, 0.5) is 0 Å². The van der Waals surface area contributed by atoms with Gasteiger partial charge in [-0.3, -0.25) is 4.90 Å². The molecule has 200 valence electrons. The van der Waals surface area contributed by atoms with Gasteiger partial charge in [0.2, 0.25) is 0 Å². The highest BCUT2D eigenvalue weighted by Gasteiger charge is 2.55. The normalized spacial score (nSPS) is 19.2. The van der Waals surface area contributed by atoms with Crippen molar-refractivity contribution in [2.45, 2.75) is 45.2 Å². The Morgan fingerprint density at radius 3 is 2.10 bits per heavy atom. The van der Waals surface area contributed by atoms with Crippen molar-refractivity contribution in [3.05, 3.63) is 120 Å². The third kappa shape index (κ3) is 6.35. The number of hydrogen-bond donors (Lipinski definition) is 1. The molecule has 0 radical (unpaired) electrons. The van der Waals surface area contributed by atoms with Crippen molar-refractivity contribution in [1.82, 2.24) is 4.90 Å². The van der Waals surface area contributed by atoms with Crippen molar-refractivity contribution in [3.8, 4) is 5.75 Å². The first-order valence-electron chi connectivity index (χ1n) is 13.4. The highest BCUT2D eigenvalue weighted by molar-refractivity contribution is 8.01. The largest absolute Gasteiger partial charge is 0.493 e. The number of likely N-dealkylation sites (tertiary alicyclic amines) is 1. The van der Waals surface area contributed by atoms with E-state index in [0.29, 0.717) is 13.2 Å². The molecule has 1 fully saturated rings. The molecule has 1 N–H and O–H groups in total. The highest BCUT2D eigenvalue weighted by Crippen LogP contribution is 2.52. The first kappa shape index (κ1) is 27.4. The summed E-state index contributed by atoms with van der Waals surface area (Å²) in [5, 5.41) is 10.5. The molecular weight excluding hydrogens is 523 g/mol. The molecule has 0 aromatic heterocycles. The van der Waals surface area contributed by atoms with Gasteiger partial charge >= 0.3 is 5.97 Å². The van der Waals surface area contributed by atoms with Gasteiger partial charge in [-0.1, -0.05) is 91.1 Å². The smallest absolute Gasteiger partial charge is 0.335 e. The lowest BCUT2D eigenvalue weighted by atomic mass is 9.91. The van der Waals surface area contributed by atoms with Gasteiger partial charge in [-0.2, -0.15) is 0 Å². The standard InChI is InChI=1S/C33H33NO3S2/c1-2-34-23-21-31(33(34,32(35)36)39-30-11-7-4-8-12-30)26-15-17-27(18-16-26)37-24-22-25-13-19-29(20-14-25)38-28-9-5-3-6-10-28/h3-20,31H,2,21-24H2,1H3,(H,35,36)/t31?,33-/m1/s1. The number of carboxylic acid groups (broad SMARTS) is 1. The second kappa shape index (κ2) is 12.8. The Labute approximate surface area is 239 Å². The number of hydrogen-bond acceptors (Lipinski definition) is 5. The second-order valence-electron chi connectivity index (χ2n) is 9.56. The zero-order chi connectivity index (χ0) is 27.1. The Kier molecular flexibility index (Phi) is 8.97. The minimum atomic E-state index is -1.04. The molecule has 1 heterocycles. The van der Waals surface area contributed by atoms with E-state index < -0.39 is 10.8 Å². The van der Waals surface area contributed by atoms with Crippen molar-refractivity contribution >= 4 is 29.5 Å². The van der Waals surface area contributed by atoms with Gasteiger partial charge in [-0.15, -0.1) is 0 Å². The Balaban J connectivity index is 1.21. The van der Waals surface area contributed by atoms with Gasteiger partial charge in [-0.25, -0.2) is 4.79 Å². The van der Waals surface area contributed by atoms with E-state index in [0.717, 1.165) is 35.6 Å². The first-order valence-corrected chi connectivity index (χ1v) is 15.0. The highest BCUT2D eigenvalue weighted by atomic mass is 32.2. The molecule has 39 heavy (non-hydrogen) atoms. The first-order chi connectivity index (χ1) is 19.1. The fraction of sp³-hybridized carbons (Fsp3) is 0.242. The average Bonchev–Trinajstić information content (AvgIpc) is 3.34. The molecule has 0 saturated carbocycles. The zero-order valence-electron chi connectivity index (χ0n) is 22.0. The van der Waals surface area contributed by atoms with E-state index in [4.69, 9.17) is 4.74 Å². The summed E-state index contributed by atoms with van der Waals surface area (Å²) in [5.74, 6) is -0.104. The van der Waals surface area contributed by atoms with Crippen molar-refractivity contribution < 1.29 is 14.6 Å². The molecule has 0 spiro atoms. The number of nitrogens with zero attached hydrogens (tertiary/aromatic N) is 1. The van der Waals surface area contributed by atoms with Crippen LogP contribution in [0, 0.1) is 0 Å². The van der Waals surface area contributed by atoms with Crippen molar-refractivity contribution in [2.75, 3.05) is 19.7 Å². The maximum atomic E-state index is 12.8. The molecule has 4 aromatic carbocycles. The van der Waals surface area contributed by atoms with E-state index in [-0.39, 0.29) is 5.92 Å². The van der Waals surface area contributed by atoms with Crippen LogP contribution < -0.4 is 4.74 Å². The molecule has 1 saturated heterocycles. The van der Waals surface area contributed by atoms with Gasteiger partial charge in [-0.05, 0) is 72.6 Å². The van der Waals surface area contributed by atoms with Gasteiger partial charge in [0.1, 0.15) is 5.75 Å². The van der Waals surface area contributed by atoms with E-state index in [1.54, 1.807) is 11.8 Å². The van der Waals surface area contributed by atoms with Crippen LogP contribution in [0.2, 0.25) is 0 Å². The Hall–Kier alpha value is -3.19. The van der Waals surface area contributed by atoms with Gasteiger partial charge in [0, 0.05) is 33.6 Å². The number of carboxylic acids is 1. The van der Waals surface area contributed by atoms with Crippen LogP contribution in [0.5, 0.6) is 5.75 Å². The van der Waals surface area contributed by atoms with Crippen LogP contribution in [-0.4, -0.2) is 40.5 Å². The third-order valence-electron chi connectivity index (χ3n) is 7.18. The summed E-state index contributed by atoms with van der Waals surface area (Å²) >= 11 is 3.21. The number of thioether (sulfide) groups is 1. The topological polar surface area (TPSA) is 49.8 Å². The molecule has 4 aromatic rings. The predicted molar refractivity (Wildman–Crippen MR) is 160 cm³/mol. The molecule has 0 aliphatic carbocycles. The van der Waals surface area contributed by atoms with Gasteiger partial charge in [0.05, 0.1) is 6.61 Å². The number of ether oxygens (including phenoxy) is 1. The zero-order valence-corrected chi connectivity index (χ0v) is 23.7.